The van der Waals surface area contributed by atoms with Crippen molar-refractivity contribution in [2.75, 3.05) is 4.90 Å². The van der Waals surface area contributed by atoms with Gasteiger partial charge in [-0.3, -0.25) is 25.0 Å². The van der Waals surface area contributed by atoms with Gasteiger partial charge < -0.3 is 4.74 Å². The van der Waals surface area contributed by atoms with Crippen LogP contribution in [0.15, 0.2) is 60.2 Å². The molecule has 1 N–H and O–H groups in total. The summed E-state index contributed by atoms with van der Waals surface area (Å²) >= 11 is 12.3. The van der Waals surface area contributed by atoms with E-state index in [1.54, 1.807) is 13.0 Å². The average molecular weight is 580 g/mol. The van der Waals surface area contributed by atoms with E-state index in [0.29, 0.717) is 22.7 Å². The number of hydrogen-bond donors (Lipinski definition) is 1. The van der Waals surface area contributed by atoms with E-state index in [-0.39, 0.29) is 22.0 Å². The number of carbonyl (C=O) groups excluding carboxylic acids is 3. The summed E-state index contributed by atoms with van der Waals surface area (Å²) in [5.74, 6) is -2.53. The molecule has 0 radical (unpaired) electrons. The number of urea groups is 1. The van der Waals surface area contributed by atoms with Crippen molar-refractivity contribution in [1.82, 2.24) is 5.32 Å². The number of nitrogens with one attached hydrogen (secondary N) is 1. The first kappa shape index (κ1) is 27.6. The summed E-state index contributed by atoms with van der Waals surface area (Å²) in [7, 11) is 0. The molecule has 9 nitrogen and oxygen atoms in total. The standard InChI is InChI=1S/C25H14Cl2F3N3O6/c1-12-2-5-15(11-17(12)26)32-23(35)16(22(34)31-24(32)36)8-13-3-6-20(18(27)9-13)39-21-7-4-14(25(28,29)30)10-19(21)33(37)38/h2-11H,1H3,(H,31,34,36)/b16-8+. The van der Waals surface area contributed by atoms with Crippen molar-refractivity contribution in [1.29, 1.82) is 0 Å². The lowest BCUT2D eigenvalue weighted by atomic mass is 10.1. The minimum atomic E-state index is -4.80. The minimum Gasteiger partial charge on any atom is -0.449 e. The highest BCUT2D eigenvalue weighted by Crippen LogP contribution is 2.39. The van der Waals surface area contributed by atoms with E-state index in [9.17, 15) is 37.7 Å². The number of halogens is 5. The van der Waals surface area contributed by atoms with Crippen molar-refractivity contribution in [2.45, 2.75) is 13.1 Å². The van der Waals surface area contributed by atoms with E-state index >= 15 is 0 Å². The predicted octanol–water partition coefficient (Wildman–Crippen LogP) is 6.69. The highest BCUT2D eigenvalue weighted by molar-refractivity contribution is 6.39. The van der Waals surface area contributed by atoms with Gasteiger partial charge in [0.2, 0.25) is 5.75 Å². The third-order valence-electron chi connectivity index (χ3n) is 5.49. The smallest absolute Gasteiger partial charge is 0.416 e. The number of benzene rings is 3. The topological polar surface area (TPSA) is 119 Å². The number of nitrogens with zero attached hydrogens (tertiary/aromatic N) is 2. The van der Waals surface area contributed by atoms with Crippen LogP contribution in [0.4, 0.5) is 29.3 Å². The zero-order valence-electron chi connectivity index (χ0n) is 19.5. The fourth-order valence-corrected chi connectivity index (χ4v) is 3.91. The SMILES string of the molecule is Cc1ccc(N2C(=O)NC(=O)/C(=C\c3ccc(Oc4ccc(C(F)(F)F)cc4[N+](=O)[O-])c(Cl)c3)C2=O)cc1Cl. The van der Waals surface area contributed by atoms with Gasteiger partial charge in [-0.2, -0.15) is 13.2 Å². The molecule has 1 heterocycles. The molecule has 0 saturated carbocycles. The quantitative estimate of drug-likeness (QED) is 0.156. The van der Waals surface area contributed by atoms with Crippen LogP contribution in [0.3, 0.4) is 0 Å². The van der Waals surface area contributed by atoms with Crippen molar-refractivity contribution in [2.24, 2.45) is 0 Å². The summed E-state index contributed by atoms with van der Waals surface area (Å²) in [6.45, 7) is 1.73. The first-order valence-corrected chi connectivity index (χ1v) is 11.5. The number of nitro groups is 1. The summed E-state index contributed by atoms with van der Waals surface area (Å²) in [6.07, 6.45) is -3.64. The fourth-order valence-electron chi connectivity index (χ4n) is 3.51. The second-order valence-corrected chi connectivity index (χ2v) is 8.94. The molecule has 200 valence electrons. The summed E-state index contributed by atoms with van der Waals surface area (Å²) < 4.78 is 44.2. The molecular weight excluding hydrogens is 566 g/mol. The van der Waals surface area contributed by atoms with Crippen LogP contribution in [-0.4, -0.2) is 22.8 Å². The molecule has 4 amide bonds. The number of ether oxygens (including phenoxy) is 1. The molecule has 1 fully saturated rings. The van der Waals surface area contributed by atoms with E-state index in [1.807, 2.05) is 0 Å². The van der Waals surface area contributed by atoms with E-state index in [4.69, 9.17) is 27.9 Å². The summed E-state index contributed by atoms with van der Waals surface area (Å²) in [4.78, 5) is 48.9. The van der Waals surface area contributed by atoms with Gasteiger partial charge in [0.05, 0.1) is 21.2 Å². The van der Waals surface area contributed by atoms with Gasteiger partial charge in [0, 0.05) is 11.1 Å². The largest absolute Gasteiger partial charge is 0.449 e. The van der Waals surface area contributed by atoms with E-state index in [2.05, 4.69) is 5.32 Å². The number of carbonyl (C=O) groups is 3. The van der Waals surface area contributed by atoms with Gasteiger partial charge in [0.15, 0.2) is 0 Å². The highest BCUT2D eigenvalue weighted by atomic mass is 35.5. The van der Waals surface area contributed by atoms with E-state index in [0.717, 1.165) is 17.0 Å². The summed E-state index contributed by atoms with van der Waals surface area (Å²) in [6, 6.07) is 9.09. The number of hydrogen-bond acceptors (Lipinski definition) is 6. The molecule has 0 spiro atoms. The molecule has 39 heavy (non-hydrogen) atoms. The lowest BCUT2D eigenvalue weighted by Gasteiger charge is -2.26. The Labute approximate surface area is 227 Å². The molecule has 0 aliphatic carbocycles. The van der Waals surface area contributed by atoms with Gasteiger partial charge in [-0.25, -0.2) is 9.69 Å². The maximum Gasteiger partial charge on any atom is 0.416 e. The minimum absolute atomic E-state index is 0.131. The van der Waals surface area contributed by atoms with Crippen LogP contribution < -0.4 is 15.0 Å². The first-order chi connectivity index (χ1) is 18.3. The zero-order valence-corrected chi connectivity index (χ0v) is 21.0. The first-order valence-electron chi connectivity index (χ1n) is 10.8. The number of alkyl halides is 3. The van der Waals surface area contributed by atoms with Gasteiger partial charge in [0.25, 0.3) is 11.8 Å². The lowest BCUT2D eigenvalue weighted by Crippen LogP contribution is -2.54. The van der Waals surface area contributed by atoms with Gasteiger partial charge in [-0.1, -0.05) is 35.3 Å². The second kappa shape index (κ2) is 10.4. The number of barbiturate groups is 1. The van der Waals surface area contributed by atoms with E-state index < -0.39 is 51.5 Å². The molecule has 3 aromatic rings. The van der Waals surface area contributed by atoms with Crippen molar-refractivity contribution in [3.63, 3.8) is 0 Å². The Bertz CT molecular complexity index is 1590. The van der Waals surface area contributed by atoms with Crippen LogP contribution in [0.5, 0.6) is 11.5 Å². The normalized spacial score (nSPS) is 15.0. The number of rotatable bonds is 5. The molecule has 0 aromatic heterocycles. The molecule has 1 aliphatic rings. The Morgan fingerprint density at radius 3 is 2.28 bits per heavy atom. The fraction of sp³-hybridized carbons (Fsp3) is 0.0800. The van der Waals surface area contributed by atoms with Crippen LogP contribution in [0.1, 0.15) is 16.7 Å². The van der Waals surface area contributed by atoms with Crippen LogP contribution >= 0.6 is 23.2 Å². The zero-order chi connectivity index (χ0) is 28.6. The van der Waals surface area contributed by atoms with Crippen molar-refractivity contribution in [3.8, 4) is 11.5 Å². The number of amides is 4. The van der Waals surface area contributed by atoms with Crippen LogP contribution in [0.2, 0.25) is 10.0 Å². The molecule has 1 saturated heterocycles. The number of aryl methyl sites for hydroxylation is 1. The van der Waals surface area contributed by atoms with E-state index in [1.165, 1.54) is 30.3 Å². The molecule has 1 aliphatic heterocycles. The molecule has 0 atom stereocenters. The van der Waals surface area contributed by atoms with Gasteiger partial charge in [0.1, 0.15) is 11.3 Å². The Kier molecular flexibility index (Phi) is 7.35. The molecule has 0 unspecified atom stereocenters. The van der Waals surface area contributed by atoms with Gasteiger partial charge >= 0.3 is 17.9 Å². The van der Waals surface area contributed by atoms with Gasteiger partial charge in [-0.05, 0) is 60.5 Å². The number of anilines is 1. The van der Waals surface area contributed by atoms with Crippen LogP contribution in [0.25, 0.3) is 6.08 Å². The van der Waals surface area contributed by atoms with Crippen LogP contribution in [-0.2, 0) is 15.8 Å². The Morgan fingerprint density at radius 1 is 0.974 bits per heavy atom. The molecule has 14 heteroatoms. The Balaban J connectivity index is 1.64. The Hall–Kier alpha value is -4.42. The second-order valence-electron chi connectivity index (χ2n) is 8.12. The lowest BCUT2D eigenvalue weighted by molar-refractivity contribution is -0.385. The maximum absolute atomic E-state index is 13.1. The number of nitro benzene ring substituents is 1. The molecule has 0 bridgehead atoms. The highest BCUT2D eigenvalue weighted by Gasteiger charge is 2.37. The summed E-state index contributed by atoms with van der Waals surface area (Å²) in [5, 5.41) is 13.5. The summed E-state index contributed by atoms with van der Waals surface area (Å²) in [5.41, 5.74) is -1.52. The third-order valence-corrected chi connectivity index (χ3v) is 6.19. The monoisotopic (exact) mass is 579 g/mol. The van der Waals surface area contributed by atoms with Crippen molar-refractivity contribution >= 4 is 58.5 Å². The third kappa shape index (κ3) is 5.71. The Morgan fingerprint density at radius 2 is 1.67 bits per heavy atom. The molecular formula is C25H14Cl2F3N3O6. The van der Waals surface area contributed by atoms with Crippen molar-refractivity contribution < 1.29 is 37.2 Å². The average Bonchev–Trinajstić information content (AvgIpc) is 2.84. The maximum atomic E-state index is 13.1. The van der Waals surface area contributed by atoms with Gasteiger partial charge in [-0.15, -0.1) is 0 Å². The molecule has 3 aromatic carbocycles. The predicted molar refractivity (Wildman–Crippen MR) is 135 cm³/mol. The number of imide groups is 2. The molecule has 4 rings (SSSR count). The van der Waals surface area contributed by atoms with Crippen LogP contribution in [0, 0.1) is 17.0 Å². The van der Waals surface area contributed by atoms with Crippen molar-refractivity contribution in [3.05, 3.63) is 97.0 Å².